The molecule has 2 saturated heterocycles. The summed E-state index contributed by atoms with van der Waals surface area (Å²) in [6.07, 6.45) is 0.989. The first-order chi connectivity index (χ1) is 13.7. The van der Waals surface area contributed by atoms with Crippen LogP contribution in [0.5, 0.6) is 0 Å². The summed E-state index contributed by atoms with van der Waals surface area (Å²) in [4.78, 5) is 28.8. The fourth-order valence-corrected chi connectivity index (χ4v) is 4.50. The van der Waals surface area contributed by atoms with Crippen LogP contribution >= 0.6 is 0 Å². The van der Waals surface area contributed by atoms with Crippen LogP contribution in [0.15, 0.2) is 24.3 Å². The summed E-state index contributed by atoms with van der Waals surface area (Å²) in [6, 6.07) is 7.66. The third-order valence-electron chi connectivity index (χ3n) is 5.55. The third-order valence-corrected chi connectivity index (χ3v) is 6.63. The Labute approximate surface area is 172 Å². The SMILES string of the molecule is Cc1ccc(NC(=O)CN2CCN(C(=O)C3CCN(S(N)(=O)=O)CC3)CC2)cc1. The van der Waals surface area contributed by atoms with Crippen molar-refractivity contribution in [1.29, 1.82) is 0 Å². The van der Waals surface area contributed by atoms with Crippen LogP contribution in [0.2, 0.25) is 0 Å². The maximum atomic E-state index is 12.7. The van der Waals surface area contributed by atoms with Crippen molar-refractivity contribution in [2.45, 2.75) is 19.8 Å². The normalized spacial score (nSPS) is 19.9. The maximum absolute atomic E-state index is 12.7. The molecule has 0 radical (unpaired) electrons. The van der Waals surface area contributed by atoms with Crippen molar-refractivity contribution in [3.05, 3.63) is 29.8 Å². The van der Waals surface area contributed by atoms with Gasteiger partial charge in [-0.1, -0.05) is 17.7 Å². The minimum Gasteiger partial charge on any atom is -0.340 e. The Balaban J connectivity index is 1.41. The molecule has 2 aliphatic heterocycles. The molecule has 3 rings (SSSR count). The van der Waals surface area contributed by atoms with Crippen LogP contribution in [0, 0.1) is 12.8 Å². The van der Waals surface area contributed by atoms with E-state index in [2.05, 4.69) is 5.32 Å². The number of aryl methyl sites for hydroxylation is 1. The van der Waals surface area contributed by atoms with Gasteiger partial charge in [0.15, 0.2) is 0 Å². The Morgan fingerprint density at radius 3 is 2.17 bits per heavy atom. The van der Waals surface area contributed by atoms with Crippen LogP contribution in [0.1, 0.15) is 18.4 Å². The summed E-state index contributed by atoms with van der Waals surface area (Å²) in [5.41, 5.74) is 1.92. The molecule has 160 valence electrons. The summed E-state index contributed by atoms with van der Waals surface area (Å²) in [6.45, 7) is 5.30. The second kappa shape index (κ2) is 9.21. The molecule has 2 heterocycles. The molecule has 29 heavy (non-hydrogen) atoms. The van der Waals surface area contributed by atoms with E-state index >= 15 is 0 Å². The number of anilines is 1. The minimum atomic E-state index is -3.68. The van der Waals surface area contributed by atoms with Crippen molar-refractivity contribution in [1.82, 2.24) is 14.1 Å². The second-order valence-corrected chi connectivity index (χ2v) is 9.28. The minimum absolute atomic E-state index is 0.0657. The Bertz CT molecular complexity index is 827. The van der Waals surface area contributed by atoms with Crippen LogP contribution in [0.4, 0.5) is 5.69 Å². The molecule has 0 bridgehead atoms. The van der Waals surface area contributed by atoms with Gasteiger partial charge in [0.25, 0.3) is 10.2 Å². The molecule has 1 aromatic carbocycles. The highest BCUT2D eigenvalue weighted by molar-refractivity contribution is 7.86. The van der Waals surface area contributed by atoms with Crippen LogP contribution in [0.25, 0.3) is 0 Å². The molecule has 9 nitrogen and oxygen atoms in total. The zero-order valence-corrected chi connectivity index (χ0v) is 17.5. The number of hydrogen-bond acceptors (Lipinski definition) is 5. The van der Waals surface area contributed by atoms with Gasteiger partial charge < -0.3 is 10.2 Å². The van der Waals surface area contributed by atoms with Crippen molar-refractivity contribution in [2.24, 2.45) is 11.1 Å². The number of benzene rings is 1. The highest BCUT2D eigenvalue weighted by Crippen LogP contribution is 2.21. The number of amides is 2. The van der Waals surface area contributed by atoms with Crippen molar-refractivity contribution >= 4 is 27.7 Å². The fraction of sp³-hybridized carbons (Fsp3) is 0.579. The lowest BCUT2D eigenvalue weighted by Crippen LogP contribution is -2.53. The van der Waals surface area contributed by atoms with E-state index in [-0.39, 0.29) is 30.8 Å². The van der Waals surface area contributed by atoms with Gasteiger partial charge in [-0.05, 0) is 31.9 Å². The average molecular weight is 424 g/mol. The number of piperidine rings is 1. The van der Waals surface area contributed by atoms with E-state index in [1.54, 1.807) is 0 Å². The zero-order chi connectivity index (χ0) is 21.0. The predicted molar refractivity (Wildman–Crippen MR) is 110 cm³/mol. The summed E-state index contributed by atoms with van der Waals surface area (Å²) < 4.78 is 24.0. The number of carbonyl (C=O) groups is 2. The van der Waals surface area contributed by atoms with Crippen molar-refractivity contribution in [3.8, 4) is 0 Å². The first-order valence-corrected chi connectivity index (χ1v) is 11.4. The monoisotopic (exact) mass is 423 g/mol. The topological polar surface area (TPSA) is 116 Å². The van der Waals surface area contributed by atoms with E-state index in [1.165, 1.54) is 4.31 Å². The van der Waals surface area contributed by atoms with Crippen LogP contribution in [0.3, 0.4) is 0 Å². The van der Waals surface area contributed by atoms with Gasteiger partial charge >= 0.3 is 0 Å². The highest BCUT2D eigenvalue weighted by atomic mass is 32.2. The standard InChI is InChI=1S/C19H29N5O4S/c1-15-2-4-17(5-3-15)21-18(25)14-22-10-12-23(13-11-22)19(26)16-6-8-24(9-7-16)29(20,27)28/h2-5,16H,6-14H2,1H3,(H,21,25)(H2,20,27,28). The Morgan fingerprint density at radius 1 is 1.03 bits per heavy atom. The van der Waals surface area contributed by atoms with E-state index in [0.29, 0.717) is 45.6 Å². The van der Waals surface area contributed by atoms with E-state index in [1.807, 2.05) is 41.0 Å². The maximum Gasteiger partial charge on any atom is 0.276 e. The quantitative estimate of drug-likeness (QED) is 0.691. The molecule has 1 aromatic rings. The van der Waals surface area contributed by atoms with Gasteiger partial charge in [0.05, 0.1) is 6.54 Å². The average Bonchev–Trinajstić information content (AvgIpc) is 2.69. The fourth-order valence-electron chi connectivity index (χ4n) is 3.78. The van der Waals surface area contributed by atoms with Crippen LogP contribution in [-0.2, 0) is 19.8 Å². The third kappa shape index (κ3) is 5.99. The number of nitrogens with one attached hydrogen (secondary N) is 1. The van der Waals surface area contributed by atoms with E-state index in [9.17, 15) is 18.0 Å². The van der Waals surface area contributed by atoms with Gasteiger partial charge in [0.1, 0.15) is 0 Å². The van der Waals surface area contributed by atoms with Crippen LogP contribution in [-0.4, -0.2) is 80.2 Å². The lowest BCUT2D eigenvalue weighted by Gasteiger charge is -2.37. The number of nitrogens with zero attached hydrogens (tertiary/aromatic N) is 3. The molecular weight excluding hydrogens is 394 g/mol. The summed E-state index contributed by atoms with van der Waals surface area (Å²) in [5, 5.41) is 8.04. The molecule has 0 aromatic heterocycles. The molecular formula is C19H29N5O4S. The van der Waals surface area contributed by atoms with Crippen molar-refractivity contribution in [3.63, 3.8) is 0 Å². The highest BCUT2D eigenvalue weighted by Gasteiger charge is 2.33. The van der Waals surface area contributed by atoms with Gasteiger partial charge in [-0.15, -0.1) is 0 Å². The van der Waals surface area contributed by atoms with Gasteiger partial charge in [-0.3, -0.25) is 14.5 Å². The van der Waals surface area contributed by atoms with E-state index in [4.69, 9.17) is 5.14 Å². The van der Waals surface area contributed by atoms with Gasteiger partial charge in [0, 0.05) is 50.9 Å². The van der Waals surface area contributed by atoms with Gasteiger partial charge in [-0.2, -0.15) is 12.7 Å². The Morgan fingerprint density at radius 2 is 1.62 bits per heavy atom. The first kappa shape index (κ1) is 21.7. The molecule has 3 N–H and O–H groups in total. The molecule has 0 saturated carbocycles. The summed E-state index contributed by atoms with van der Waals surface area (Å²) >= 11 is 0. The smallest absolute Gasteiger partial charge is 0.276 e. The number of carbonyl (C=O) groups excluding carboxylic acids is 2. The van der Waals surface area contributed by atoms with Gasteiger partial charge in [0.2, 0.25) is 11.8 Å². The lowest BCUT2D eigenvalue weighted by atomic mass is 9.96. The van der Waals surface area contributed by atoms with Gasteiger partial charge in [-0.25, -0.2) is 5.14 Å². The zero-order valence-electron chi connectivity index (χ0n) is 16.7. The van der Waals surface area contributed by atoms with Crippen molar-refractivity contribution < 1.29 is 18.0 Å². The molecule has 0 atom stereocenters. The number of hydrogen-bond donors (Lipinski definition) is 2. The second-order valence-electron chi connectivity index (χ2n) is 7.73. The number of nitrogens with two attached hydrogens (primary N) is 1. The molecule has 10 heteroatoms. The Kier molecular flexibility index (Phi) is 6.89. The molecule has 0 aliphatic carbocycles. The van der Waals surface area contributed by atoms with E-state index in [0.717, 1.165) is 11.3 Å². The lowest BCUT2D eigenvalue weighted by molar-refractivity contribution is -0.138. The Hall–Kier alpha value is -2.01. The predicted octanol–water partition coefficient (Wildman–Crippen LogP) is -0.00678. The summed E-state index contributed by atoms with van der Waals surface area (Å²) in [7, 11) is -3.68. The molecule has 2 fully saturated rings. The van der Waals surface area contributed by atoms with E-state index < -0.39 is 10.2 Å². The molecule has 2 amide bonds. The number of rotatable bonds is 5. The summed E-state index contributed by atoms with van der Waals surface area (Å²) in [5.74, 6) is -0.156. The van der Waals surface area contributed by atoms with Crippen LogP contribution < -0.4 is 10.5 Å². The molecule has 0 spiro atoms. The molecule has 0 unspecified atom stereocenters. The van der Waals surface area contributed by atoms with Crippen molar-refractivity contribution in [2.75, 3.05) is 51.1 Å². The largest absolute Gasteiger partial charge is 0.340 e. The first-order valence-electron chi connectivity index (χ1n) is 9.88. The molecule has 2 aliphatic rings. The number of piperazine rings is 1.